The number of anilines is 1. The molecule has 1 amide bonds. The molecule has 0 spiro atoms. The number of benzene rings is 1. The van der Waals surface area contributed by atoms with Crippen molar-refractivity contribution in [3.8, 4) is 11.5 Å². The van der Waals surface area contributed by atoms with Gasteiger partial charge < -0.3 is 20.5 Å². The minimum Gasteiger partial charge on any atom is -0.454 e. The standard InChI is InChI=1S/C21H21N3O3S/c1-11-13-4-2-3-5-14(13)17-18(22)19(28-21(17)24-11)20(25)23-9-12-6-7-15-16(8-12)27-10-26-15/h6-8H,2-5,9-10,22H2,1H3,(H,23,25). The number of nitrogens with two attached hydrogens (primary N) is 1. The van der Waals surface area contributed by atoms with Gasteiger partial charge in [0.15, 0.2) is 11.5 Å². The number of ether oxygens (including phenoxy) is 2. The van der Waals surface area contributed by atoms with Gasteiger partial charge in [0.25, 0.3) is 5.91 Å². The number of carbonyl (C=O) groups is 1. The Labute approximate surface area is 166 Å². The van der Waals surface area contributed by atoms with Crippen molar-refractivity contribution >= 4 is 33.1 Å². The molecule has 0 bridgehead atoms. The Morgan fingerprint density at radius 3 is 2.86 bits per heavy atom. The molecule has 6 nitrogen and oxygen atoms in total. The van der Waals surface area contributed by atoms with Gasteiger partial charge in [0, 0.05) is 17.6 Å². The summed E-state index contributed by atoms with van der Waals surface area (Å²) in [7, 11) is 0. The Hall–Kier alpha value is -2.80. The Balaban J connectivity index is 1.42. The number of hydrogen-bond acceptors (Lipinski definition) is 6. The number of hydrogen-bond donors (Lipinski definition) is 2. The van der Waals surface area contributed by atoms with Crippen molar-refractivity contribution in [2.24, 2.45) is 0 Å². The average molecular weight is 395 g/mol. The molecule has 0 unspecified atom stereocenters. The molecular formula is C21H21N3O3S. The molecule has 28 heavy (non-hydrogen) atoms. The smallest absolute Gasteiger partial charge is 0.263 e. The monoisotopic (exact) mass is 395 g/mol. The average Bonchev–Trinajstić information content (AvgIpc) is 3.30. The topological polar surface area (TPSA) is 86.5 Å². The van der Waals surface area contributed by atoms with Crippen LogP contribution >= 0.6 is 11.3 Å². The number of rotatable bonds is 3. The maximum absolute atomic E-state index is 12.8. The number of thiophene rings is 1. The van der Waals surface area contributed by atoms with Crippen LogP contribution in [0.15, 0.2) is 18.2 Å². The number of fused-ring (bicyclic) bond motifs is 4. The Morgan fingerprint density at radius 2 is 2.00 bits per heavy atom. The summed E-state index contributed by atoms with van der Waals surface area (Å²) < 4.78 is 10.7. The minimum absolute atomic E-state index is 0.166. The molecular weight excluding hydrogens is 374 g/mol. The SMILES string of the molecule is Cc1nc2sc(C(=O)NCc3ccc4c(c3)OCO4)c(N)c2c2c1CCCC2. The molecule has 0 fully saturated rings. The fourth-order valence-electron chi connectivity index (χ4n) is 4.08. The van der Waals surface area contributed by atoms with E-state index in [1.807, 2.05) is 18.2 Å². The van der Waals surface area contributed by atoms with Gasteiger partial charge in [-0.1, -0.05) is 6.07 Å². The highest BCUT2D eigenvalue weighted by atomic mass is 32.1. The first kappa shape index (κ1) is 17.3. The molecule has 3 heterocycles. The number of aryl methyl sites for hydroxylation is 2. The van der Waals surface area contributed by atoms with Crippen molar-refractivity contribution < 1.29 is 14.3 Å². The van der Waals surface area contributed by atoms with E-state index in [2.05, 4.69) is 12.2 Å². The largest absolute Gasteiger partial charge is 0.454 e. The second kappa shape index (κ2) is 6.67. The third-order valence-corrected chi connectivity index (χ3v) is 6.60. The second-order valence-electron chi connectivity index (χ2n) is 7.26. The van der Waals surface area contributed by atoms with Crippen LogP contribution in [0.1, 0.15) is 44.9 Å². The van der Waals surface area contributed by atoms with Crippen LogP contribution in [-0.2, 0) is 19.4 Å². The summed E-state index contributed by atoms with van der Waals surface area (Å²) in [4.78, 5) is 19.0. The van der Waals surface area contributed by atoms with E-state index in [1.54, 1.807) is 0 Å². The minimum atomic E-state index is -0.166. The van der Waals surface area contributed by atoms with Crippen LogP contribution in [0.5, 0.6) is 11.5 Å². The van der Waals surface area contributed by atoms with Gasteiger partial charge in [-0.25, -0.2) is 4.98 Å². The van der Waals surface area contributed by atoms with Crippen LogP contribution in [0.2, 0.25) is 0 Å². The molecule has 0 saturated carbocycles. The summed E-state index contributed by atoms with van der Waals surface area (Å²) in [6.07, 6.45) is 4.40. The van der Waals surface area contributed by atoms with E-state index in [9.17, 15) is 4.79 Å². The molecule has 2 aromatic heterocycles. The van der Waals surface area contributed by atoms with E-state index in [4.69, 9.17) is 20.2 Å². The van der Waals surface area contributed by atoms with E-state index in [0.717, 1.165) is 46.5 Å². The van der Waals surface area contributed by atoms with E-state index in [0.29, 0.717) is 22.9 Å². The summed E-state index contributed by atoms with van der Waals surface area (Å²) >= 11 is 1.38. The van der Waals surface area contributed by atoms with Crippen molar-refractivity contribution in [2.75, 3.05) is 12.5 Å². The van der Waals surface area contributed by atoms with E-state index >= 15 is 0 Å². The number of amides is 1. The summed E-state index contributed by atoms with van der Waals surface area (Å²) in [5.74, 6) is 1.27. The van der Waals surface area contributed by atoms with Gasteiger partial charge in [-0.05, 0) is 61.4 Å². The number of nitrogens with one attached hydrogen (secondary N) is 1. The zero-order valence-corrected chi connectivity index (χ0v) is 16.4. The van der Waals surface area contributed by atoms with Gasteiger partial charge in [0.1, 0.15) is 9.71 Å². The summed E-state index contributed by atoms with van der Waals surface area (Å²) in [5, 5.41) is 3.95. The molecule has 3 aromatic rings. The van der Waals surface area contributed by atoms with Gasteiger partial charge in [0.05, 0.1) is 5.69 Å². The lowest BCUT2D eigenvalue weighted by Gasteiger charge is -2.18. The number of nitrogen functional groups attached to an aromatic ring is 1. The van der Waals surface area contributed by atoms with Crippen LogP contribution in [0.4, 0.5) is 5.69 Å². The fraction of sp³-hybridized carbons (Fsp3) is 0.333. The third-order valence-electron chi connectivity index (χ3n) is 5.50. The van der Waals surface area contributed by atoms with Crippen LogP contribution in [-0.4, -0.2) is 17.7 Å². The summed E-state index contributed by atoms with van der Waals surface area (Å²) in [6.45, 7) is 2.69. The number of pyridine rings is 1. The number of nitrogens with zero attached hydrogens (tertiary/aromatic N) is 1. The lowest BCUT2D eigenvalue weighted by atomic mass is 9.89. The molecule has 1 aliphatic heterocycles. The molecule has 1 aromatic carbocycles. The predicted octanol–water partition coefficient (Wildman–Crippen LogP) is 3.72. The molecule has 1 aliphatic carbocycles. The molecule has 5 rings (SSSR count). The number of aromatic nitrogens is 1. The zero-order valence-electron chi connectivity index (χ0n) is 15.6. The Morgan fingerprint density at radius 1 is 1.21 bits per heavy atom. The lowest BCUT2D eigenvalue weighted by molar-refractivity contribution is 0.0955. The second-order valence-corrected chi connectivity index (χ2v) is 8.26. The molecule has 7 heteroatoms. The highest BCUT2D eigenvalue weighted by Gasteiger charge is 2.24. The summed E-state index contributed by atoms with van der Waals surface area (Å²) in [6, 6.07) is 5.66. The van der Waals surface area contributed by atoms with E-state index in [-0.39, 0.29) is 12.7 Å². The quantitative estimate of drug-likeness (QED) is 0.706. The first-order chi connectivity index (χ1) is 13.6. The van der Waals surface area contributed by atoms with Crippen molar-refractivity contribution in [1.29, 1.82) is 0 Å². The van der Waals surface area contributed by atoms with Crippen LogP contribution in [0.3, 0.4) is 0 Å². The van der Waals surface area contributed by atoms with Crippen molar-refractivity contribution in [3.05, 3.63) is 45.5 Å². The normalized spacial score (nSPS) is 14.9. The highest BCUT2D eigenvalue weighted by molar-refractivity contribution is 7.21. The third kappa shape index (κ3) is 2.77. The molecule has 0 saturated heterocycles. The maximum Gasteiger partial charge on any atom is 0.263 e. The first-order valence-electron chi connectivity index (χ1n) is 9.49. The van der Waals surface area contributed by atoms with Gasteiger partial charge in [-0.3, -0.25) is 4.79 Å². The van der Waals surface area contributed by atoms with Gasteiger partial charge in [-0.2, -0.15) is 0 Å². The van der Waals surface area contributed by atoms with Crippen molar-refractivity contribution in [2.45, 2.75) is 39.2 Å². The van der Waals surface area contributed by atoms with Crippen LogP contribution in [0, 0.1) is 6.92 Å². The molecule has 2 aliphatic rings. The van der Waals surface area contributed by atoms with Crippen molar-refractivity contribution in [3.63, 3.8) is 0 Å². The summed E-state index contributed by atoms with van der Waals surface area (Å²) in [5.41, 5.74) is 11.6. The molecule has 0 radical (unpaired) electrons. The number of carbonyl (C=O) groups excluding carboxylic acids is 1. The van der Waals surface area contributed by atoms with Crippen molar-refractivity contribution in [1.82, 2.24) is 10.3 Å². The Bertz CT molecular complexity index is 1110. The Kier molecular flexibility index (Phi) is 4.12. The molecule has 3 N–H and O–H groups in total. The van der Waals surface area contributed by atoms with Gasteiger partial charge in [-0.15, -0.1) is 11.3 Å². The van der Waals surface area contributed by atoms with Gasteiger partial charge >= 0.3 is 0 Å². The zero-order chi connectivity index (χ0) is 19.3. The molecule has 144 valence electrons. The first-order valence-corrected chi connectivity index (χ1v) is 10.3. The maximum atomic E-state index is 12.8. The van der Waals surface area contributed by atoms with E-state index < -0.39 is 0 Å². The predicted molar refractivity (Wildman–Crippen MR) is 109 cm³/mol. The lowest BCUT2D eigenvalue weighted by Crippen LogP contribution is -2.22. The highest BCUT2D eigenvalue weighted by Crippen LogP contribution is 2.39. The fourth-order valence-corrected chi connectivity index (χ4v) is 5.17. The van der Waals surface area contributed by atoms with Crippen LogP contribution in [0.25, 0.3) is 10.2 Å². The van der Waals surface area contributed by atoms with Gasteiger partial charge in [0.2, 0.25) is 6.79 Å². The van der Waals surface area contributed by atoms with E-state index in [1.165, 1.54) is 28.9 Å². The van der Waals surface area contributed by atoms with Crippen LogP contribution < -0.4 is 20.5 Å². The molecule has 0 atom stereocenters.